The van der Waals surface area contributed by atoms with Gasteiger partial charge < -0.3 is 4.74 Å². The van der Waals surface area contributed by atoms with E-state index in [4.69, 9.17) is 4.74 Å². The van der Waals surface area contributed by atoms with Crippen molar-refractivity contribution >= 4 is 21.4 Å². The third-order valence-corrected chi connectivity index (χ3v) is 7.87. The summed E-state index contributed by atoms with van der Waals surface area (Å²) in [5, 5.41) is 1.12. The van der Waals surface area contributed by atoms with E-state index in [0.717, 1.165) is 16.3 Å². The maximum Gasteiger partial charge on any atom is 0.241 e. The van der Waals surface area contributed by atoms with E-state index in [1.54, 1.807) is 17.4 Å². The lowest BCUT2D eigenvalue weighted by Gasteiger charge is -2.18. The molecule has 1 fully saturated rings. The first kappa shape index (κ1) is 21.3. The second-order valence-corrected chi connectivity index (χ2v) is 10.7. The first-order valence-electron chi connectivity index (χ1n) is 10.1. The molecule has 0 atom stereocenters. The van der Waals surface area contributed by atoms with E-state index in [0.29, 0.717) is 29.8 Å². The fraction of sp³-hybridized carbons (Fsp3) is 0.571. The van der Waals surface area contributed by atoms with Crippen LogP contribution >= 0.6 is 11.3 Å². The fourth-order valence-electron chi connectivity index (χ4n) is 3.49. The quantitative estimate of drug-likeness (QED) is 0.635. The lowest BCUT2D eigenvalue weighted by atomic mass is 9.90. The lowest BCUT2D eigenvalue weighted by molar-refractivity contribution is 0.289. The Kier molecular flexibility index (Phi) is 7.12. The molecular formula is C21H30N2O3S2. The van der Waals surface area contributed by atoms with Crippen molar-refractivity contribution in [3.8, 4) is 16.2 Å². The van der Waals surface area contributed by atoms with Gasteiger partial charge in [-0.05, 0) is 44.4 Å². The molecule has 0 saturated heterocycles. The molecule has 3 rings (SSSR count). The highest BCUT2D eigenvalue weighted by molar-refractivity contribution is 7.89. The van der Waals surface area contributed by atoms with Gasteiger partial charge in [0.25, 0.3) is 0 Å². The SMILES string of the molecule is CNS(=O)(=O)c1cc(OCCC(C)C)ccc1-c1cnc(C2CCCCC2)s1. The molecule has 0 radical (unpaired) electrons. The minimum atomic E-state index is -3.61. The molecule has 1 aromatic carbocycles. The molecule has 1 saturated carbocycles. The van der Waals surface area contributed by atoms with E-state index in [9.17, 15) is 8.42 Å². The van der Waals surface area contributed by atoms with Crippen molar-refractivity contribution in [1.82, 2.24) is 9.71 Å². The molecule has 1 aliphatic carbocycles. The summed E-state index contributed by atoms with van der Waals surface area (Å²) in [5.74, 6) is 1.63. The standard InChI is InChI=1S/C21H30N2O3S2/c1-15(2)11-12-26-17-9-10-18(20(13-17)28(24,25)22-3)19-14-23-21(27-19)16-7-5-4-6-8-16/h9-10,13-16,22H,4-8,11-12H2,1-3H3. The summed E-state index contributed by atoms with van der Waals surface area (Å²) in [6.45, 7) is 4.84. The number of nitrogens with zero attached hydrogens (tertiary/aromatic N) is 1. The number of ether oxygens (including phenoxy) is 1. The Morgan fingerprint density at radius 2 is 2.00 bits per heavy atom. The van der Waals surface area contributed by atoms with Gasteiger partial charge in [0, 0.05) is 23.7 Å². The Bertz CT molecular complexity index is 885. The van der Waals surface area contributed by atoms with Gasteiger partial charge in [0.2, 0.25) is 10.0 Å². The number of nitrogens with one attached hydrogen (secondary N) is 1. The average molecular weight is 423 g/mol. The molecule has 28 heavy (non-hydrogen) atoms. The Hall–Kier alpha value is -1.44. The number of rotatable bonds is 8. The summed E-state index contributed by atoms with van der Waals surface area (Å²) in [6.07, 6.45) is 8.90. The van der Waals surface area contributed by atoms with Crippen molar-refractivity contribution in [3.05, 3.63) is 29.4 Å². The van der Waals surface area contributed by atoms with Gasteiger partial charge >= 0.3 is 0 Å². The molecule has 1 aliphatic rings. The predicted molar refractivity (Wildman–Crippen MR) is 115 cm³/mol. The summed E-state index contributed by atoms with van der Waals surface area (Å²) in [4.78, 5) is 5.77. The highest BCUT2D eigenvalue weighted by Gasteiger charge is 2.23. The van der Waals surface area contributed by atoms with Crippen LogP contribution < -0.4 is 9.46 Å². The van der Waals surface area contributed by atoms with Crippen LogP contribution in [0.5, 0.6) is 5.75 Å². The Morgan fingerprint density at radius 1 is 1.25 bits per heavy atom. The lowest BCUT2D eigenvalue weighted by Crippen LogP contribution is -2.19. The van der Waals surface area contributed by atoms with E-state index in [1.807, 2.05) is 18.3 Å². The zero-order chi connectivity index (χ0) is 20.1. The number of sulfonamides is 1. The molecule has 154 valence electrons. The maximum absolute atomic E-state index is 12.7. The van der Waals surface area contributed by atoms with Crippen LogP contribution in [-0.4, -0.2) is 27.1 Å². The van der Waals surface area contributed by atoms with E-state index in [-0.39, 0.29) is 4.90 Å². The number of benzene rings is 1. The van der Waals surface area contributed by atoms with Gasteiger partial charge in [-0.15, -0.1) is 11.3 Å². The van der Waals surface area contributed by atoms with Crippen LogP contribution in [0.3, 0.4) is 0 Å². The van der Waals surface area contributed by atoms with Gasteiger partial charge in [-0.2, -0.15) is 0 Å². The van der Waals surface area contributed by atoms with E-state index in [2.05, 4.69) is 23.6 Å². The molecule has 0 amide bonds. The highest BCUT2D eigenvalue weighted by Crippen LogP contribution is 2.39. The van der Waals surface area contributed by atoms with Crippen LogP contribution in [0, 0.1) is 5.92 Å². The largest absolute Gasteiger partial charge is 0.494 e. The Morgan fingerprint density at radius 3 is 2.68 bits per heavy atom. The van der Waals surface area contributed by atoms with Gasteiger partial charge in [0.15, 0.2) is 0 Å². The first-order valence-corrected chi connectivity index (χ1v) is 12.4. The van der Waals surface area contributed by atoms with Crippen molar-refractivity contribution in [2.75, 3.05) is 13.7 Å². The van der Waals surface area contributed by atoms with Gasteiger partial charge in [-0.3, -0.25) is 0 Å². The highest BCUT2D eigenvalue weighted by atomic mass is 32.2. The molecule has 0 aliphatic heterocycles. The summed E-state index contributed by atoms with van der Waals surface area (Å²) in [7, 11) is -2.17. The number of hydrogen-bond acceptors (Lipinski definition) is 5. The van der Waals surface area contributed by atoms with Crippen LogP contribution in [0.4, 0.5) is 0 Å². The van der Waals surface area contributed by atoms with E-state index >= 15 is 0 Å². The average Bonchev–Trinajstić information content (AvgIpc) is 3.18. The maximum atomic E-state index is 12.7. The summed E-state index contributed by atoms with van der Waals surface area (Å²) in [5.41, 5.74) is 0.685. The van der Waals surface area contributed by atoms with Crippen LogP contribution in [-0.2, 0) is 10.0 Å². The molecule has 7 heteroatoms. The Labute approximate surface area is 172 Å². The topological polar surface area (TPSA) is 68.3 Å². The van der Waals surface area contributed by atoms with Gasteiger partial charge in [0.05, 0.1) is 21.4 Å². The van der Waals surface area contributed by atoms with Crippen molar-refractivity contribution < 1.29 is 13.2 Å². The zero-order valence-corrected chi connectivity index (χ0v) is 18.5. The number of thiazole rings is 1. The normalized spacial score (nSPS) is 15.9. The minimum Gasteiger partial charge on any atom is -0.494 e. The van der Waals surface area contributed by atoms with Crippen molar-refractivity contribution in [3.63, 3.8) is 0 Å². The third-order valence-electron chi connectivity index (χ3n) is 5.22. The van der Waals surface area contributed by atoms with E-state index in [1.165, 1.54) is 39.2 Å². The molecule has 2 aromatic rings. The minimum absolute atomic E-state index is 0.246. The molecular weight excluding hydrogens is 392 g/mol. The molecule has 1 aromatic heterocycles. The van der Waals surface area contributed by atoms with Crippen LogP contribution in [0.25, 0.3) is 10.4 Å². The van der Waals surface area contributed by atoms with Crippen LogP contribution in [0.2, 0.25) is 0 Å². The number of hydrogen-bond donors (Lipinski definition) is 1. The Balaban J connectivity index is 1.90. The third kappa shape index (κ3) is 5.13. The van der Waals surface area contributed by atoms with Crippen molar-refractivity contribution in [2.24, 2.45) is 5.92 Å². The summed E-state index contributed by atoms with van der Waals surface area (Å²) in [6, 6.07) is 5.32. The molecule has 0 unspecified atom stereocenters. The van der Waals surface area contributed by atoms with E-state index < -0.39 is 10.0 Å². The van der Waals surface area contributed by atoms with Crippen molar-refractivity contribution in [1.29, 1.82) is 0 Å². The van der Waals surface area contributed by atoms with Gasteiger partial charge in [-0.1, -0.05) is 33.1 Å². The number of aromatic nitrogens is 1. The second kappa shape index (κ2) is 9.37. The zero-order valence-electron chi connectivity index (χ0n) is 16.9. The van der Waals surface area contributed by atoms with Gasteiger partial charge in [0.1, 0.15) is 5.75 Å². The molecule has 0 bridgehead atoms. The van der Waals surface area contributed by atoms with Crippen molar-refractivity contribution in [2.45, 2.75) is 63.2 Å². The first-order chi connectivity index (χ1) is 13.4. The monoisotopic (exact) mass is 422 g/mol. The molecule has 5 nitrogen and oxygen atoms in total. The molecule has 0 spiro atoms. The second-order valence-electron chi connectivity index (χ2n) is 7.79. The predicted octanol–water partition coefficient (Wildman–Crippen LogP) is 5.19. The van der Waals surface area contributed by atoms with Crippen LogP contribution in [0.1, 0.15) is 63.3 Å². The smallest absolute Gasteiger partial charge is 0.241 e. The fourth-order valence-corrected chi connectivity index (χ4v) is 5.64. The summed E-state index contributed by atoms with van der Waals surface area (Å²) < 4.78 is 33.5. The molecule has 1 N–H and O–H groups in total. The molecule has 1 heterocycles. The summed E-state index contributed by atoms with van der Waals surface area (Å²) >= 11 is 1.62. The van der Waals surface area contributed by atoms with Crippen LogP contribution in [0.15, 0.2) is 29.3 Å². The van der Waals surface area contributed by atoms with Gasteiger partial charge in [-0.25, -0.2) is 18.1 Å².